The average molecular weight is 373 g/mol. The Bertz CT molecular complexity index is 571. The lowest BCUT2D eigenvalue weighted by atomic mass is 10.1. The monoisotopic (exact) mass is 372 g/mol. The Kier molecular flexibility index (Phi) is 9.04. The molecule has 0 aliphatic rings. The van der Waals surface area contributed by atoms with Crippen molar-refractivity contribution in [3.63, 3.8) is 0 Å². The van der Waals surface area contributed by atoms with E-state index in [1.165, 1.54) is 6.07 Å². The highest BCUT2D eigenvalue weighted by atomic mass is 35.5. The van der Waals surface area contributed by atoms with Crippen LogP contribution in [0.25, 0.3) is 0 Å². The molecule has 0 radical (unpaired) electrons. The molecule has 0 atom stereocenters. The smallest absolute Gasteiger partial charge is 0.251 e. The van der Waals surface area contributed by atoms with E-state index in [1.54, 1.807) is 18.2 Å². The lowest BCUT2D eigenvalue weighted by Gasteiger charge is -2.07. The molecule has 0 fully saturated rings. The highest BCUT2D eigenvalue weighted by molar-refractivity contribution is 6.63. The molecule has 0 aromatic heterocycles. The average Bonchev–Trinajstić information content (AvgIpc) is 2.55. The summed E-state index contributed by atoms with van der Waals surface area (Å²) in [4.78, 5) is 45.2. The minimum atomic E-state index is -0.446. The fourth-order valence-electron chi connectivity index (χ4n) is 1.86. The lowest BCUT2D eigenvalue weighted by molar-refractivity contribution is -0.112. The second-order valence-corrected chi connectivity index (χ2v) is 5.85. The molecule has 0 aliphatic carbocycles. The van der Waals surface area contributed by atoms with Gasteiger partial charge in [-0.1, -0.05) is 6.07 Å². The number of carbonyl (C=O) groups is 4. The van der Waals surface area contributed by atoms with Gasteiger partial charge in [0.15, 0.2) is 0 Å². The third-order valence-corrected chi connectivity index (χ3v) is 3.44. The molecule has 1 aromatic rings. The maximum Gasteiger partial charge on any atom is 0.251 e. The van der Waals surface area contributed by atoms with Crippen LogP contribution in [0.15, 0.2) is 24.3 Å². The quantitative estimate of drug-likeness (QED) is 0.486. The summed E-state index contributed by atoms with van der Waals surface area (Å²) in [6.07, 6.45) is 1.28. The molecule has 24 heavy (non-hydrogen) atoms. The number of benzene rings is 1. The van der Waals surface area contributed by atoms with Crippen LogP contribution in [0.3, 0.4) is 0 Å². The second-order valence-electron chi connectivity index (χ2n) is 5.01. The summed E-state index contributed by atoms with van der Waals surface area (Å²) in [7, 11) is 0. The Hall–Kier alpha value is -1.92. The van der Waals surface area contributed by atoms with Crippen LogP contribution in [0.4, 0.5) is 0 Å². The standard InChI is InChI=1S/C16H18Cl2N2O4/c17-13(21)6-2-8-19-15(23)11-4-1-5-12(10-11)16(24)20-9-3-7-14(18)22/h1,4-5,10H,2-3,6-9H2,(H,19,23)(H,20,24). The molecule has 0 heterocycles. The minimum absolute atomic E-state index is 0.190. The summed E-state index contributed by atoms with van der Waals surface area (Å²) >= 11 is 10.4. The van der Waals surface area contributed by atoms with Crippen LogP contribution < -0.4 is 10.6 Å². The molecule has 1 aromatic carbocycles. The topological polar surface area (TPSA) is 92.3 Å². The van der Waals surface area contributed by atoms with Gasteiger partial charge < -0.3 is 10.6 Å². The largest absolute Gasteiger partial charge is 0.352 e. The summed E-state index contributed by atoms with van der Waals surface area (Å²) in [6, 6.07) is 6.26. The van der Waals surface area contributed by atoms with Gasteiger partial charge in [0.2, 0.25) is 10.5 Å². The van der Waals surface area contributed by atoms with Crippen LogP contribution in [0.2, 0.25) is 0 Å². The van der Waals surface area contributed by atoms with E-state index in [4.69, 9.17) is 23.2 Å². The maximum absolute atomic E-state index is 12.0. The number of hydrogen-bond acceptors (Lipinski definition) is 4. The maximum atomic E-state index is 12.0. The van der Waals surface area contributed by atoms with Gasteiger partial charge in [-0.2, -0.15) is 0 Å². The Morgan fingerprint density at radius 1 is 0.792 bits per heavy atom. The van der Waals surface area contributed by atoms with Gasteiger partial charge in [-0.25, -0.2) is 0 Å². The number of halogens is 2. The van der Waals surface area contributed by atoms with E-state index < -0.39 is 10.5 Å². The molecular weight excluding hydrogens is 355 g/mol. The van der Waals surface area contributed by atoms with Crippen molar-refractivity contribution in [2.75, 3.05) is 13.1 Å². The van der Waals surface area contributed by atoms with Gasteiger partial charge in [0, 0.05) is 37.1 Å². The van der Waals surface area contributed by atoms with Crippen LogP contribution in [-0.4, -0.2) is 35.4 Å². The second kappa shape index (κ2) is 10.8. The molecule has 8 heteroatoms. The van der Waals surface area contributed by atoms with Crippen molar-refractivity contribution < 1.29 is 19.2 Å². The van der Waals surface area contributed by atoms with E-state index in [9.17, 15) is 19.2 Å². The zero-order valence-corrected chi connectivity index (χ0v) is 14.5. The van der Waals surface area contributed by atoms with E-state index in [2.05, 4.69) is 10.6 Å². The first-order valence-electron chi connectivity index (χ1n) is 7.43. The van der Waals surface area contributed by atoms with E-state index in [0.717, 1.165) is 0 Å². The summed E-state index contributed by atoms with van der Waals surface area (Å²) in [5.74, 6) is -0.668. The molecule has 2 N–H and O–H groups in total. The Labute approximate surface area is 149 Å². The van der Waals surface area contributed by atoms with Gasteiger partial charge in [0.25, 0.3) is 11.8 Å². The normalized spacial score (nSPS) is 10.1. The van der Waals surface area contributed by atoms with Crippen molar-refractivity contribution in [3.05, 3.63) is 35.4 Å². The number of nitrogens with one attached hydrogen (secondary N) is 2. The molecule has 0 saturated carbocycles. The summed E-state index contributed by atoms with van der Waals surface area (Å²) in [6.45, 7) is 0.639. The first kappa shape index (κ1) is 20.1. The Morgan fingerprint density at radius 3 is 1.58 bits per heavy atom. The zero-order valence-electron chi connectivity index (χ0n) is 12.9. The van der Waals surface area contributed by atoms with Gasteiger partial charge in [-0.05, 0) is 54.2 Å². The SMILES string of the molecule is O=C(Cl)CCCNC(=O)c1cccc(C(=O)NCCCC(=O)Cl)c1. The number of amides is 2. The first-order chi connectivity index (χ1) is 11.4. The van der Waals surface area contributed by atoms with Gasteiger partial charge >= 0.3 is 0 Å². The first-order valence-corrected chi connectivity index (χ1v) is 8.19. The highest BCUT2D eigenvalue weighted by Gasteiger charge is 2.10. The molecule has 130 valence electrons. The fourth-order valence-corrected chi connectivity index (χ4v) is 2.13. The third-order valence-electron chi connectivity index (χ3n) is 3.06. The Balaban J connectivity index is 2.49. The third kappa shape index (κ3) is 8.08. The van der Waals surface area contributed by atoms with Crippen molar-refractivity contribution in [1.82, 2.24) is 10.6 Å². The van der Waals surface area contributed by atoms with E-state index in [1.807, 2.05) is 0 Å². The molecule has 0 aliphatic heterocycles. The van der Waals surface area contributed by atoms with Crippen molar-refractivity contribution in [2.24, 2.45) is 0 Å². The van der Waals surface area contributed by atoms with Gasteiger partial charge in [-0.15, -0.1) is 0 Å². The van der Waals surface area contributed by atoms with Crippen LogP contribution in [0, 0.1) is 0 Å². The summed E-state index contributed by atoms with van der Waals surface area (Å²) in [5.41, 5.74) is 0.687. The van der Waals surface area contributed by atoms with Crippen LogP contribution in [-0.2, 0) is 9.59 Å². The molecular formula is C16H18Cl2N2O4. The van der Waals surface area contributed by atoms with Gasteiger partial charge in [0.05, 0.1) is 0 Å². The predicted octanol–water partition coefficient (Wildman–Crippen LogP) is 2.24. The molecule has 1 rings (SSSR count). The predicted molar refractivity (Wildman–Crippen MR) is 91.3 cm³/mol. The summed E-state index contributed by atoms with van der Waals surface area (Å²) in [5, 5.41) is 4.41. The lowest BCUT2D eigenvalue weighted by Crippen LogP contribution is -2.27. The van der Waals surface area contributed by atoms with Crippen LogP contribution in [0.5, 0.6) is 0 Å². The molecule has 0 bridgehead atoms. The molecule has 0 unspecified atom stereocenters. The van der Waals surface area contributed by atoms with Crippen LogP contribution in [0.1, 0.15) is 46.4 Å². The number of carbonyl (C=O) groups excluding carboxylic acids is 4. The van der Waals surface area contributed by atoms with Crippen molar-refractivity contribution in [3.8, 4) is 0 Å². The van der Waals surface area contributed by atoms with Gasteiger partial charge in [-0.3, -0.25) is 19.2 Å². The van der Waals surface area contributed by atoms with E-state index >= 15 is 0 Å². The molecule has 0 saturated heterocycles. The molecule has 6 nitrogen and oxygen atoms in total. The van der Waals surface area contributed by atoms with Crippen molar-refractivity contribution in [2.45, 2.75) is 25.7 Å². The minimum Gasteiger partial charge on any atom is -0.352 e. The highest BCUT2D eigenvalue weighted by Crippen LogP contribution is 2.06. The summed E-state index contributed by atoms with van der Waals surface area (Å²) < 4.78 is 0. The van der Waals surface area contributed by atoms with Crippen molar-refractivity contribution in [1.29, 1.82) is 0 Å². The fraction of sp³-hybridized carbons (Fsp3) is 0.375. The van der Waals surface area contributed by atoms with E-state index in [-0.39, 0.29) is 24.7 Å². The molecule has 2 amide bonds. The zero-order chi connectivity index (χ0) is 17.9. The number of rotatable bonds is 10. The Morgan fingerprint density at radius 2 is 1.21 bits per heavy atom. The van der Waals surface area contributed by atoms with Crippen LogP contribution >= 0.6 is 23.2 Å². The van der Waals surface area contributed by atoms with Gasteiger partial charge in [0.1, 0.15) is 0 Å². The number of hydrogen-bond donors (Lipinski definition) is 2. The molecule has 0 spiro atoms. The van der Waals surface area contributed by atoms with Crippen molar-refractivity contribution >= 4 is 45.5 Å². The van der Waals surface area contributed by atoms with E-state index in [0.29, 0.717) is 37.1 Å².